The fourth-order valence-corrected chi connectivity index (χ4v) is 4.19. The smallest absolute Gasteiger partial charge is 0.328 e. The molecule has 1 aromatic rings. The fraction of sp³-hybridized carbons (Fsp3) is 0.719. The Hall–Kier alpha value is -2.73. The molecule has 0 amide bonds. The molecule has 0 atom stereocenters. The molecule has 0 aliphatic heterocycles. The monoisotopic (exact) mass is 526 g/mol. The minimum Gasteiger partial charge on any atom is -0.466 e. The van der Waals surface area contributed by atoms with Gasteiger partial charge in [-0.25, -0.2) is 4.79 Å². The third kappa shape index (κ3) is 18.5. The zero-order valence-corrected chi connectivity index (χ0v) is 24.0. The van der Waals surface area contributed by atoms with E-state index >= 15 is 0 Å². The molecule has 1 rings (SSSR count). The van der Waals surface area contributed by atoms with E-state index in [1.54, 1.807) is 6.92 Å². The highest BCUT2D eigenvalue weighted by molar-refractivity contribution is 5.69. The summed E-state index contributed by atoms with van der Waals surface area (Å²) in [5.41, 5.74) is -0.471. The van der Waals surface area contributed by atoms with Crippen LogP contribution in [-0.4, -0.2) is 22.1 Å². The van der Waals surface area contributed by atoms with E-state index in [1.807, 2.05) is 0 Å². The Labute approximate surface area is 230 Å². The number of esters is 1. The Bertz CT molecular complexity index is 1000. The van der Waals surface area contributed by atoms with E-state index in [0.29, 0.717) is 12.2 Å². The van der Waals surface area contributed by atoms with Gasteiger partial charge in [-0.1, -0.05) is 102 Å². The number of aryl methyl sites for hydroxylation is 2. The lowest BCUT2D eigenvalue weighted by molar-refractivity contribution is -0.144. The Balaban J connectivity index is 1.88. The largest absolute Gasteiger partial charge is 0.466 e. The third-order valence-electron chi connectivity index (χ3n) is 6.60. The van der Waals surface area contributed by atoms with Crippen LogP contribution in [0.15, 0.2) is 15.8 Å². The SMILES string of the molecule is CCCCCCCCCCCCC#CC#CCCCCCCCCOC(=O)CCn1cc(C)c(=O)[nH]c1=O. The zero-order valence-electron chi connectivity index (χ0n) is 24.0. The summed E-state index contributed by atoms with van der Waals surface area (Å²) in [6.45, 7) is 4.49. The minimum atomic E-state index is -0.508. The van der Waals surface area contributed by atoms with Crippen LogP contribution in [0, 0.1) is 30.6 Å². The van der Waals surface area contributed by atoms with Gasteiger partial charge in [0, 0.05) is 31.1 Å². The van der Waals surface area contributed by atoms with Gasteiger partial charge in [0.15, 0.2) is 0 Å². The van der Waals surface area contributed by atoms with Crippen molar-refractivity contribution in [3.05, 3.63) is 32.6 Å². The summed E-state index contributed by atoms with van der Waals surface area (Å²) < 4.78 is 6.57. The normalized spacial score (nSPS) is 10.4. The second-order valence-electron chi connectivity index (χ2n) is 10.1. The highest BCUT2D eigenvalue weighted by atomic mass is 16.5. The van der Waals surface area contributed by atoms with E-state index in [2.05, 4.69) is 35.6 Å². The van der Waals surface area contributed by atoms with Crippen LogP contribution < -0.4 is 11.2 Å². The second kappa shape index (κ2) is 23.4. The van der Waals surface area contributed by atoms with Crippen molar-refractivity contribution < 1.29 is 9.53 Å². The molecule has 1 aromatic heterocycles. The first kappa shape index (κ1) is 33.3. The average Bonchev–Trinajstić information content (AvgIpc) is 2.90. The number of carbonyl (C=O) groups is 1. The van der Waals surface area contributed by atoms with E-state index in [1.165, 1.54) is 75.0 Å². The third-order valence-corrected chi connectivity index (χ3v) is 6.60. The van der Waals surface area contributed by atoms with Gasteiger partial charge in [0.25, 0.3) is 5.56 Å². The van der Waals surface area contributed by atoms with Crippen LogP contribution in [0.25, 0.3) is 0 Å². The highest BCUT2D eigenvalue weighted by Gasteiger charge is 2.06. The van der Waals surface area contributed by atoms with E-state index in [0.717, 1.165) is 51.4 Å². The van der Waals surface area contributed by atoms with Gasteiger partial charge in [-0.3, -0.25) is 19.1 Å². The molecule has 38 heavy (non-hydrogen) atoms. The molecule has 0 fully saturated rings. The molecule has 0 aromatic carbocycles. The molecule has 0 aliphatic carbocycles. The number of nitrogens with one attached hydrogen (secondary N) is 1. The molecule has 212 valence electrons. The molecule has 0 saturated carbocycles. The van der Waals surface area contributed by atoms with Crippen LogP contribution in [0.1, 0.15) is 134 Å². The van der Waals surface area contributed by atoms with Crippen LogP contribution in [-0.2, 0) is 16.1 Å². The predicted octanol–water partition coefficient (Wildman–Crippen LogP) is 6.83. The van der Waals surface area contributed by atoms with Crippen molar-refractivity contribution >= 4 is 5.97 Å². The quantitative estimate of drug-likeness (QED) is 0.108. The van der Waals surface area contributed by atoms with Crippen LogP contribution >= 0.6 is 0 Å². The summed E-state index contributed by atoms with van der Waals surface area (Å²) in [5, 5.41) is 0. The van der Waals surface area contributed by atoms with Gasteiger partial charge in [-0.15, -0.1) is 0 Å². The first-order valence-corrected chi connectivity index (χ1v) is 15.0. The van der Waals surface area contributed by atoms with Gasteiger partial charge in [0.2, 0.25) is 0 Å². The standard InChI is InChI=1S/C32H50N2O4/c1-3-4-5-6-7-8-9-10-11-12-13-14-15-16-17-18-19-20-21-22-23-24-27-38-30(35)25-26-34-28-29(2)31(36)33-32(34)37/h28H,3-13,18-27H2,1-2H3,(H,33,36,37). The maximum Gasteiger partial charge on any atom is 0.328 e. The molecule has 6 nitrogen and oxygen atoms in total. The number of hydrogen-bond donors (Lipinski definition) is 1. The molecule has 6 heteroatoms. The van der Waals surface area contributed by atoms with Gasteiger partial charge in [0.1, 0.15) is 0 Å². The molecule has 0 unspecified atom stereocenters. The number of aromatic nitrogens is 2. The van der Waals surface area contributed by atoms with Crippen molar-refractivity contribution in [2.75, 3.05) is 6.61 Å². The summed E-state index contributed by atoms with van der Waals surface area (Å²) in [4.78, 5) is 37.2. The first-order valence-electron chi connectivity index (χ1n) is 15.0. The molecule has 1 N–H and O–H groups in total. The van der Waals surface area contributed by atoms with Crippen molar-refractivity contribution in [3.63, 3.8) is 0 Å². The van der Waals surface area contributed by atoms with Crippen molar-refractivity contribution in [2.45, 2.75) is 142 Å². The maximum absolute atomic E-state index is 11.9. The lowest BCUT2D eigenvalue weighted by atomic mass is 10.1. The molecular formula is C32H50N2O4. The fourth-order valence-electron chi connectivity index (χ4n) is 4.19. The van der Waals surface area contributed by atoms with E-state index < -0.39 is 11.2 Å². The number of aromatic amines is 1. The molecule has 0 bridgehead atoms. The Morgan fingerprint density at radius 1 is 0.789 bits per heavy atom. The number of hydrogen-bond acceptors (Lipinski definition) is 4. The summed E-state index contributed by atoms with van der Waals surface area (Å²) in [5.74, 6) is 12.0. The van der Waals surface area contributed by atoms with Crippen molar-refractivity contribution in [1.82, 2.24) is 9.55 Å². The zero-order chi connectivity index (χ0) is 27.7. The topological polar surface area (TPSA) is 81.2 Å². The van der Waals surface area contributed by atoms with E-state index in [9.17, 15) is 14.4 Å². The summed E-state index contributed by atoms with van der Waals surface area (Å²) in [7, 11) is 0. The molecule has 1 heterocycles. The second-order valence-corrected chi connectivity index (χ2v) is 10.1. The number of rotatable bonds is 21. The lowest BCUT2D eigenvalue weighted by Crippen LogP contribution is -2.31. The van der Waals surface area contributed by atoms with E-state index in [4.69, 9.17) is 4.74 Å². The van der Waals surface area contributed by atoms with Gasteiger partial charge < -0.3 is 4.74 Å². The maximum atomic E-state index is 11.9. The van der Waals surface area contributed by atoms with Gasteiger partial charge in [-0.2, -0.15) is 0 Å². The average molecular weight is 527 g/mol. The van der Waals surface area contributed by atoms with E-state index in [-0.39, 0.29) is 18.9 Å². The number of unbranched alkanes of at least 4 members (excludes halogenated alkanes) is 16. The Kier molecular flexibility index (Phi) is 20.5. The summed E-state index contributed by atoms with van der Waals surface area (Å²) >= 11 is 0. The van der Waals surface area contributed by atoms with Crippen molar-refractivity contribution in [3.8, 4) is 23.7 Å². The highest BCUT2D eigenvalue weighted by Crippen LogP contribution is 2.11. The summed E-state index contributed by atoms with van der Waals surface area (Å²) in [6, 6.07) is 0. The predicted molar refractivity (Wildman–Crippen MR) is 156 cm³/mol. The molecule has 0 aliphatic rings. The number of H-pyrrole nitrogens is 1. The van der Waals surface area contributed by atoms with Gasteiger partial charge in [0.05, 0.1) is 13.0 Å². The van der Waals surface area contributed by atoms with Gasteiger partial charge >= 0.3 is 11.7 Å². The summed E-state index contributed by atoms with van der Waals surface area (Å²) in [6.07, 6.45) is 23.4. The number of nitrogens with zero attached hydrogens (tertiary/aromatic N) is 1. The Morgan fingerprint density at radius 2 is 1.29 bits per heavy atom. The van der Waals surface area contributed by atoms with Crippen molar-refractivity contribution in [1.29, 1.82) is 0 Å². The minimum absolute atomic E-state index is 0.107. The number of ether oxygens (including phenoxy) is 1. The first-order chi connectivity index (χ1) is 18.5. The van der Waals surface area contributed by atoms with Crippen molar-refractivity contribution in [2.24, 2.45) is 0 Å². The number of carbonyl (C=O) groups excluding carboxylic acids is 1. The molecule has 0 radical (unpaired) electrons. The van der Waals surface area contributed by atoms with Crippen LogP contribution in [0.5, 0.6) is 0 Å². The molecule has 0 spiro atoms. The molecule has 0 saturated heterocycles. The van der Waals surface area contributed by atoms with Gasteiger partial charge in [-0.05, 0) is 38.0 Å². The lowest BCUT2D eigenvalue weighted by Gasteiger charge is -2.07. The van der Waals surface area contributed by atoms with Crippen LogP contribution in [0.4, 0.5) is 0 Å². The van der Waals surface area contributed by atoms with Crippen LogP contribution in [0.3, 0.4) is 0 Å². The van der Waals surface area contributed by atoms with Crippen LogP contribution in [0.2, 0.25) is 0 Å². The Morgan fingerprint density at radius 3 is 1.84 bits per heavy atom. The molecular weight excluding hydrogens is 476 g/mol.